The maximum atomic E-state index is 14.0. The SMILES string of the molecule is CCC(=O)Oc1cccc(Cl)c1COc1cc(F)c(CC)cc1C(F)(F)F. The molecule has 0 radical (unpaired) electrons. The number of carbonyl (C=O) groups excluding carboxylic acids is 1. The van der Waals surface area contributed by atoms with Crippen molar-refractivity contribution in [2.45, 2.75) is 39.5 Å². The predicted octanol–water partition coefficient (Wildman–Crippen LogP) is 5.95. The first-order valence-corrected chi connectivity index (χ1v) is 8.55. The van der Waals surface area contributed by atoms with Gasteiger partial charge in [-0.25, -0.2) is 4.39 Å². The third kappa shape index (κ3) is 5.13. The molecule has 3 nitrogen and oxygen atoms in total. The van der Waals surface area contributed by atoms with Crippen LogP contribution in [0, 0.1) is 5.82 Å². The first-order valence-electron chi connectivity index (χ1n) is 8.17. The Kier molecular flexibility index (Phi) is 6.70. The van der Waals surface area contributed by atoms with Gasteiger partial charge in [0.25, 0.3) is 0 Å². The molecule has 0 aliphatic heterocycles. The second kappa shape index (κ2) is 8.61. The van der Waals surface area contributed by atoms with Gasteiger partial charge in [0, 0.05) is 12.5 Å². The zero-order valence-corrected chi connectivity index (χ0v) is 15.4. The van der Waals surface area contributed by atoms with Crippen LogP contribution in [-0.2, 0) is 24.0 Å². The first-order chi connectivity index (χ1) is 12.7. The summed E-state index contributed by atoms with van der Waals surface area (Å²) in [7, 11) is 0. The monoisotopic (exact) mass is 404 g/mol. The molecule has 0 aliphatic rings. The second-order valence-corrected chi connectivity index (χ2v) is 6.03. The van der Waals surface area contributed by atoms with Gasteiger partial charge in [-0.3, -0.25) is 4.79 Å². The van der Waals surface area contributed by atoms with E-state index in [9.17, 15) is 22.4 Å². The summed E-state index contributed by atoms with van der Waals surface area (Å²) in [5.74, 6) is -1.91. The smallest absolute Gasteiger partial charge is 0.419 e. The van der Waals surface area contributed by atoms with Gasteiger partial charge in [-0.05, 0) is 30.2 Å². The number of hydrogen-bond donors (Lipinski definition) is 0. The van der Waals surface area contributed by atoms with Crippen molar-refractivity contribution >= 4 is 17.6 Å². The number of halogens is 5. The fourth-order valence-electron chi connectivity index (χ4n) is 2.33. The zero-order chi connectivity index (χ0) is 20.2. The van der Waals surface area contributed by atoms with E-state index in [1.165, 1.54) is 18.2 Å². The van der Waals surface area contributed by atoms with Crippen LogP contribution in [0.3, 0.4) is 0 Å². The van der Waals surface area contributed by atoms with Gasteiger partial charge in [-0.2, -0.15) is 13.2 Å². The van der Waals surface area contributed by atoms with Crippen molar-refractivity contribution in [2.75, 3.05) is 0 Å². The Labute approximate surface area is 158 Å². The molecule has 0 N–H and O–H groups in total. The molecule has 2 aromatic rings. The van der Waals surface area contributed by atoms with Crippen molar-refractivity contribution < 1.29 is 31.8 Å². The van der Waals surface area contributed by atoms with Crippen LogP contribution in [0.15, 0.2) is 30.3 Å². The third-order valence-electron chi connectivity index (χ3n) is 3.80. The number of alkyl halides is 3. The van der Waals surface area contributed by atoms with Crippen molar-refractivity contribution in [1.82, 2.24) is 0 Å². The fourth-order valence-corrected chi connectivity index (χ4v) is 2.55. The Morgan fingerprint density at radius 3 is 2.44 bits per heavy atom. The molecule has 2 rings (SSSR count). The number of ether oxygens (including phenoxy) is 2. The number of hydrogen-bond acceptors (Lipinski definition) is 3. The Morgan fingerprint density at radius 1 is 1.15 bits per heavy atom. The minimum absolute atomic E-state index is 0.0648. The summed E-state index contributed by atoms with van der Waals surface area (Å²) < 4.78 is 64.2. The van der Waals surface area contributed by atoms with E-state index in [-0.39, 0.29) is 34.7 Å². The number of rotatable bonds is 6. The summed E-state index contributed by atoms with van der Waals surface area (Å²) >= 11 is 6.06. The maximum absolute atomic E-state index is 14.0. The average Bonchev–Trinajstić information content (AvgIpc) is 2.60. The molecule has 0 saturated heterocycles. The molecule has 0 aliphatic carbocycles. The van der Waals surface area contributed by atoms with Crippen LogP contribution in [0.25, 0.3) is 0 Å². The Bertz CT molecular complexity index is 834. The lowest BCUT2D eigenvalue weighted by atomic mass is 10.1. The number of aryl methyl sites for hydroxylation is 1. The average molecular weight is 405 g/mol. The Hall–Kier alpha value is -2.28. The van der Waals surface area contributed by atoms with E-state index >= 15 is 0 Å². The van der Waals surface area contributed by atoms with Gasteiger partial charge < -0.3 is 9.47 Å². The molecular formula is C19H17ClF4O3. The largest absolute Gasteiger partial charge is 0.488 e. The molecule has 0 unspecified atom stereocenters. The highest BCUT2D eigenvalue weighted by Gasteiger charge is 2.35. The number of carbonyl (C=O) groups is 1. The molecule has 146 valence electrons. The summed E-state index contributed by atoms with van der Waals surface area (Å²) in [6.07, 6.45) is -4.50. The van der Waals surface area contributed by atoms with Crippen molar-refractivity contribution in [2.24, 2.45) is 0 Å². The van der Waals surface area contributed by atoms with Crippen LogP contribution >= 0.6 is 11.6 Å². The zero-order valence-electron chi connectivity index (χ0n) is 14.6. The lowest BCUT2D eigenvalue weighted by Crippen LogP contribution is -2.12. The van der Waals surface area contributed by atoms with Crippen LogP contribution in [0.5, 0.6) is 11.5 Å². The molecule has 0 heterocycles. The van der Waals surface area contributed by atoms with Crippen molar-refractivity contribution in [3.63, 3.8) is 0 Å². The second-order valence-electron chi connectivity index (χ2n) is 5.62. The van der Waals surface area contributed by atoms with Crippen LogP contribution in [0.2, 0.25) is 5.02 Å². The third-order valence-corrected chi connectivity index (χ3v) is 4.15. The molecule has 0 fully saturated rings. The predicted molar refractivity (Wildman–Crippen MR) is 92.5 cm³/mol. The van der Waals surface area contributed by atoms with Gasteiger partial charge in [0.15, 0.2) is 0 Å². The van der Waals surface area contributed by atoms with Gasteiger partial charge in [0.1, 0.15) is 23.9 Å². The molecule has 0 amide bonds. The number of benzene rings is 2. The van der Waals surface area contributed by atoms with Gasteiger partial charge in [-0.15, -0.1) is 0 Å². The van der Waals surface area contributed by atoms with E-state index in [2.05, 4.69) is 0 Å². The van der Waals surface area contributed by atoms with Crippen molar-refractivity contribution in [3.8, 4) is 11.5 Å². The molecule has 0 atom stereocenters. The lowest BCUT2D eigenvalue weighted by Gasteiger charge is -2.17. The highest BCUT2D eigenvalue weighted by molar-refractivity contribution is 6.31. The van der Waals surface area contributed by atoms with Crippen molar-refractivity contribution in [1.29, 1.82) is 0 Å². The van der Waals surface area contributed by atoms with Gasteiger partial charge in [0.05, 0.1) is 16.1 Å². The maximum Gasteiger partial charge on any atom is 0.419 e. The molecule has 2 aromatic carbocycles. The summed E-state index contributed by atoms with van der Waals surface area (Å²) in [6.45, 7) is 2.72. The van der Waals surface area contributed by atoms with Gasteiger partial charge >= 0.3 is 12.1 Å². The molecule has 0 bridgehead atoms. The minimum atomic E-state index is -4.72. The molecule has 0 spiro atoms. The Balaban J connectivity index is 2.37. The van der Waals surface area contributed by atoms with E-state index in [0.29, 0.717) is 6.07 Å². The van der Waals surface area contributed by atoms with Crippen LogP contribution < -0.4 is 9.47 Å². The molecule has 0 aromatic heterocycles. The Morgan fingerprint density at radius 2 is 1.85 bits per heavy atom. The van der Waals surface area contributed by atoms with E-state index in [0.717, 1.165) is 6.07 Å². The van der Waals surface area contributed by atoms with E-state index < -0.39 is 35.9 Å². The highest BCUT2D eigenvalue weighted by Crippen LogP contribution is 2.39. The van der Waals surface area contributed by atoms with Gasteiger partial charge in [-0.1, -0.05) is 31.5 Å². The van der Waals surface area contributed by atoms with Crippen LogP contribution in [0.4, 0.5) is 17.6 Å². The van der Waals surface area contributed by atoms with E-state index in [1.54, 1.807) is 13.8 Å². The highest BCUT2D eigenvalue weighted by atomic mass is 35.5. The molecule has 0 saturated carbocycles. The van der Waals surface area contributed by atoms with Gasteiger partial charge in [0.2, 0.25) is 0 Å². The van der Waals surface area contributed by atoms with Crippen LogP contribution in [-0.4, -0.2) is 5.97 Å². The van der Waals surface area contributed by atoms with Crippen molar-refractivity contribution in [3.05, 3.63) is 57.9 Å². The summed E-state index contributed by atoms with van der Waals surface area (Å²) in [4.78, 5) is 11.5. The summed E-state index contributed by atoms with van der Waals surface area (Å²) in [5.41, 5.74) is -0.959. The normalized spacial score (nSPS) is 11.4. The first kappa shape index (κ1) is 21.0. The molecule has 27 heavy (non-hydrogen) atoms. The van der Waals surface area contributed by atoms with E-state index in [4.69, 9.17) is 21.1 Å². The molecule has 8 heteroatoms. The number of esters is 1. The fraction of sp³-hybridized carbons (Fsp3) is 0.316. The summed E-state index contributed by atoms with van der Waals surface area (Å²) in [6, 6.07) is 5.89. The quantitative estimate of drug-likeness (QED) is 0.339. The minimum Gasteiger partial charge on any atom is -0.488 e. The summed E-state index contributed by atoms with van der Waals surface area (Å²) in [5, 5.41) is 0.149. The topological polar surface area (TPSA) is 35.5 Å². The van der Waals surface area contributed by atoms with Crippen LogP contribution in [0.1, 0.15) is 37.0 Å². The lowest BCUT2D eigenvalue weighted by molar-refractivity contribution is -0.139. The van der Waals surface area contributed by atoms with E-state index in [1.807, 2.05) is 0 Å². The molecular weight excluding hydrogens is 388 g/mol. The standard InChI is InChI=1S/C19H17ClF4O3/c1-3-11-8-13(19(22,23)24)17(9-15(11)21)26-10-12-14(20)6-5-7-16(12)27-18(25)4-2/h5-9H,3-4,10H2,1-2H3.